The SMILES string of the molecule is CCOC(=O)CC(C)N(CC)C1CCNC1. The van der Waals surface area contributed by atoms with Crippen molar-refractivity contribution in [2.45, 2.75) is 45.7 Å². The minimum Gasteiger partial charge on any atom is -0.466 e. The quantitative estimate of drug-likeness (QED) is 0.689. The lowest BCUT2D eigenvalue weighted by molar-refractivity contribution is -0.144. The number of nitrogens with zero attached hydrogens (tertiary/aromatic N) is 1. The van der Waals surface area contributed by atoms with Crippen molar-refractivity contribution in [3.05, 3.63) is 0 Å². The lowest BCUT2D eigenvalue weighted by Crippen LogP contribution is -2.43. The summed E-state index contributed by atoms with van der Waals surface area (Å²) in [6.45, 7) is 9.71. The summed E-state index contributed by atoms with van der Waals surface area (Å²) in [6.07, 6.45) is 1.68. The first-order valence-corrected chi connectivity index (χ1v) is 6.31. The molecule has 1 rings (SSSR count). The van der Waals surface area contributed by atoms with Crippen LogP contribution >= 0.6 is 0 Å². The number of nitrogens with one attached hydrogen (secondary N) is 1. The number of likely N-dealkylation sites (N-methyl/N-ethyl adjacent to an activating group) is 1. The molecule has 0 aliphatic carbocycles. The number of ether oxygens (including phenoxy) is 1. The van der Waals surface area contributed by atoms with Crippen molar-refractivity contribution in [2.24, 2.45) is 0 Å². The van der Waals surface area contributed by atoms with Gasteiger partial charge in [0, 0.05) is 18.6 Å². The van der Waals surface area contributed by atoms with Crippen molar-refractivity contribution < 1.29 is 9.53 Å². The highest BCUT2D eigenvalue weighted by Gasteiger charge is 2.26. The standard InChI is InChI=1S/C12H24N2O2/c1-4-14(11-6-7-13-9-11)10(3)8-12(15)16-5-2/h10-11,13H,4-9H2,1-3H3. The lowest BCUT2D eigenvalue weighted by Gasteiger charge is -2.32. The van der Waals surface area contributed by atoms with Gasteiger partial charge in [0.2, 0.25) is 0 Å². The van der Waals surface area contributed by atoms with Gasteiger partial charge < -0.3 is 10.1 Å². The summed E-state index contributed by atoms with van der Waals surface area (Å²) in [6, 6.07) is 0.850. The second-order valence-electron chi connectivity index (χ2n) is 4.34. The van der Waals surface area contributed by atoms with E-state index in [-0.39, 0.29) is 12.0 Å². The van der Waals surface area contributed by atoms with Gasteiger partial charge >= 0.3 is 5.97 Å². The third-order valence-corrected chi connectivity index (χ3v) is 3.20. The topological polar surface area (TPSA) is 41.6 Å². The van der Waals surface area contributed by atoms with Gasteiger partial charge in [0.1, 0.15) is 0 Å². The van der Waals surface area contributed by atoms with Gasteiger partial charge in [-0.15, -0.1) is 0 Å². The molecule has 4 nitrogen and oxygen atoms in total. The van der Waals surface area contributed by atoms with E-state index in [0.717, 1.165) is 19.6 Å². The Balaban J connectivity index is 2.41. The Bertz CT molecular complexity index is 215. The maximum Gasteiger partial charge on any atom is 0.307 e. The van der Waals surface area contributed by atoms with Crippen molar-refractivity contribution in [3.63, 3.8) is 0 Å². The molecule has 1 heterocycles. The highest BCUT2D eigenvalue weighted by Crippen LogP contribution is 2.14. The van der Waals surface area contributed by atoms with Crippen LogP contribution in [0.1, 0.15) is 33.6 Å². The second-order valence-corrected chi connectivity index (χ2v) is 4.34. The molecule has 1 fully saturated rings. The van der Waals surface area contributed by atoms with Gasteiger partial charge in [0.15, 0.2) is 0 Å². The maximum absolute atomic E-state index is 11.4. The number of esters is 1. The molecular formula is C12H24N2O2. The van der Waals surface area contributed by atoms with Gasteiger partial charge in [-0.3, -0.25) is 9.69 Å². The van der Waals surface area contributed by atoms with E-state index in [1.54, 1.807) is 0 Å². The number of carbonyl (C=O) groups excluding carboxylic acids is 1. The van der Waals surface area contributed by atoms with Crippen molar-refractivity contribution in [3.8, 4) is 0 Å². The molecule has 0 aromatic carbocycles. The van der Waals surface area contributed by atoms with Crippen LogP contribution in [0.25, 0.3) is 0 Å². The van der Waals surface area contributed by atoms with E-state index in [2.05, 4.69) is 24.1 Å². The fourth-order valence-corrected chi connectivity index (χ4v) is 2.43. The number of carbonyl (C=O) groups is 1. The van der Waals surface area contributed by atoms with E-state index in [1.807, 2.05) is 6.92 Å². The third kappa shape index (κ3) is 3.76. The number of hydrogen-bond acceptors (Lipinski definition) is 4. The predicted molar refractivity (Wildman–Crippen MR) is 64.4 cm³/mol. The van der Waals surface area contributed by atoms with E-state index < -0.39 is 0 Å². The summed E-state index contributed by atoms with van der Waals surface area (Å²) in [7, 11) is 0. The molecule has 0 aromatic rings. The van der Waals surface area contributed by atoms with Crippen LogP contribution in [0, 0.1) is 0 Å². The minimum absolute atomic E-state index is 0.0839. The van der Waals surface area contributed by atoms with E-state index in [1.165, 1.54) is 6.42 Å². The van der Waals surface area contributed by atoms with Crippen LogP contribution in [0.4, 0.5) is 0 Å². The zero-order valence-electron chi connectivity index (χ0n) is 10.7. The molecule has 0 aromatic heterocycles. The van der Waals surface area contributed by atoms with Crippen LogP contribution in [0.3, 0.4) is 0 Å². The van der Waals surface area contributed by atoms with Crippen LogP contribution in [0.5, 0.6) is 0 Å². The molecule has 1 N–H and O–H groups in total. The summed E-state index contributed by atoms with van der Waals surface area (Å²) in [5.74, 6) is -0.0839. The maximum atomic E-state index is 11.4. The molecule has 94 valence electrons. The molecule has 1 aliphatic heterocycles. The Kier molecular flexibility index (Phi) is 5.77. The predicted octanol–water partition coefficient (Wildman–Crippen LogP) is 1.01. The minimum atomic E-state index is -0.0839. The molecule has 0 amide bonds. The molecule has 0 bridgehead atoms. The Hall–Kier alpha value is -0.610. The van der Waals surface area contributed by atoms with Crippen LogP contribution in [0.2, 0.25) is 0 Å². The highest BCUT2D eigenvalue weighted by atomic mass is 16.5. The Labute approximate surface area is 98.3 Å². The normalized spacial score (nSPS) is 22.4. The van der Waals surface area contributed by atoms with Crippen LogP contribution in [0.15, 0.2) is 0 Å². The molecule has 0 spiro atoms. The highest BCUT2D eigenvalue weighted by molar-refractivity contribution is 5.70. The van der Waals surface area contributed by atoms with Crippen molar-refractivity contribution in [1.29, 1.82) is 0 Å². The molecule has 1 aliphatic rings. The van der Waals surface area contributed by atoms with E-state index in [0.29, 0.717) is 19.1 Å². The Morgan fingerprint density at radius 1 is 1.56 bits per heavy atom. The van der Waals surface area contributed by atoms with Crippen LogP contribution in [-0.4, -0.2) is 49.2 Å². The first kappa shape index (κ1) is 13.5. The average molecular weight is 228 g/mol. The van der Waals surface area contributed by atoms with Gasteiger partial charge in [-0.2, -0.15) is 0 Å². The van der Waals surface area contributed by atoms with Crippen molar-refractivity contribution in [1.82, 2.24) is 10.2 Å². The summed E-state index contributed by atoms with van der Waals surface area (Å²) in [5.41, 5.74) is 0. The smallest absolute Gasteiger partial charge is 0.307 e. The fourth-order valence-electron chi connectivity index (χ4n) is 2.43. The average Bonchev–Trinajstić information content (AvgIpc) is 2.72. The third-order valence-electron chi connectivity index (χ3n) is 3.20. The summed E-state index contributed by atoms with van der Waals surface area (Å²) in [4.78, 5) is 13.8. The molecule has 0 radical (unpaired) electrons. The van der Waals surface area contributed by atoms with Crippen molar-refractivity contribution >= 4 is 5.97 Å². The van der Waals surface area contributed by atoms with Gasteiger partial charge in [-0.25, -0.2) is 0 Å². The molecule has 4 heteroatoms. The second kappa shape index (κ2) is 6.86. The number of hydrogen-bond donors (Lipinski definition) is 1. The van der Waals surface area contributed by atoms with E-state index in [4.69, 9.17) is 4.74 Å². The molecule has 2 atom stereocenters. The van der Waals surface area contributed by atoms with Gasteiger partial charge in [-0.1, -0.05) is 6.92 Å². The Morgan fingerprint density at radius 2 is 2.31 bits per heavy atom. The molecule has 0 saturated carbocycles. The Morgan fingerprint density at radius 3 is 2.81 bits per heavy atom. The van der Waals surface area contributed by atoms with Gasteiger partial charge in [0.05, 0.1) is 13.0 Å². The van der Waals surface area contributed by atoms with Crippen LogP contribution < -0.4 is 5.32 Å². The largest absolute Gasteiger partial charge is 0.466 e. The van der Waals surface area contributed by atoms with Crippen molar-refractivity contribution in [2.75, 3.05) is 26.2 Å². The first-order valence-electron chi connectivity index (χ1n) is 6.31. The summed E-state index contributed by atoms with van der Waals surface area (Å²) >= 11 is 0. The van der Waals surface area contributed by atoms with E-state index in [9.17, 15) is 4.79 Å². The van der Waals surface area contributed by atoms with Crippen LogP contribution in [-0.2, 0) is 9.53 Å². The molecule has 16 heavy (non-hydrogen) atoms. The van der Waals surface area contributed by atoms with Gasteiger partial charge in [0.25, 0.3) is 0 Å². The molecule has 1 saturated heterocycles. The zero-order chi connectivity index (χ0) is 12.0. The lowest BCUT2D eigenvalue weighted by atomic mass is 10.1. The zero-order valence-corrected chi connectivity index (χ0v) is 10.7. The summed E-state index contributed by atoms with van der Waals surface area (Å²) in [5, 5.41) is 3.36. The van der Waals surface area contributed by atoms with E-state index >= 15 is 0 Å². The first-order chi connectivity index (χ1) is 7.69. The van der Waals surface area contributed by atoms with Gasteiger partial charge in [-0.05, 0) is 33.4 Å². The number of rotatable bonds is 6. The fraction of sp³-hybridized carbons (Fsp3) is 0.917. The monoisotopic (exact) mass is 228 g/mol. The summed E-state index contributed by atoms with van der Waals surface area (Å²) < 4.78 is 4.99. The molecule has 2 unspecified atom stereocenters. The molecular weight excluding hydrogens is 204 g/mol.